The van der Waals surface area contributed by atoms with Crippen LogP contribution < -0.4 is 5.32 Å². The van der Waals surface area contributed by atoms with Crippen molar-refractivity contribution in [2.75, 3.05) is 20.3 Å². The summed E-state index contributed by atoms with van der Waals surface area (Å²) < 4.78 is 5.57. The Kier molecular flexibility index (Phi) is 4.83. The van der Waals surface area contributed by atoms with Crippen LogP contribution in [0.15, 0.2) is 30.3 Å². The molecule has 0 aromatic heterocycles. The third-order valence-corrected chi connectivity index (χ3v) is 6.78. The minimum absolute atomic E-state index is 0.217. The van der Waals surface area contributed by atoms with Crippen molar-refractivity contribution < 1.29 is 9.53 Å². The van der Waals surface area contributed by atoms with Gasteiger partial charge in [0.25, 0.3) is 0 Å². The molecule has 1 N–H and O–H groups in total. The third-order valence-electron chi connectivity index (χ3n) is 6.78. The number of carbonyl (C=O) groups is 1. The summed E-state index contributed by atoms with van der Waals surface area (Å²) in [7, 11) is 2.26. The SMILES string of the molecule is CN1C2CCCC1CC(NC(=O)C1(c3ccccc3)CCOCC1)C2. The van der Waals surface area contributed by atoms with E-state index in [1.54, 1.807) is 0 Å². The predicted molar refractivity (Wildman–Crippen MR) is 98.5 cm³/mol. The molecule has 3 saturated heterocycles. The highest BCUT2D eigenvalue weighted by Crippen LogP contribution is 2.37. The Morgan fingerprint density at radius 2 is 1.76 bits per heavy atom. The molecule has 1 aromatic carbocycles. The number of fused-ring (bicyclic) bond motifs is 2. The van der Waals surface area contributed by atoms with Crippen molar-refractivity contribution in [2.24, 2.45) is 0 Å². The fourth-order valence-electron chi connectivity index (χ4n) is 5.18. The van der Waals surface area contributed by atoms with E-state index in [-0.39, 0.29) is 5.91 Å². The van der Waals surface area contributed by atoms with Crippen LogP contribution in [0.1, 0.15) is 50.5 Å². The highest BCUT2D eigenvalue weighted by molar-refractivity contribution is 5.88. The number of carbonyl (C=O) groups excluding carboxylic acids is 1. The van der Waals surface area contributed by atoms with Gasteiger partial charge in [-0.1, -0.05) is 36.8 Å². The zero-order valence-electron chi connectivity index (χ0n) is 15.2. The maximum absolute atomic E-state index is 13.4. The van der Waals surface area contributed by atoms with Gasteiger partial charge in [0.15, 0.2) is 0 Å². The second-order valence-corrected chi connectivity index (χ2v) is 8.11. The Bertz CT molecular complexity index is 583. The number of amides is 1. The number of ether oxygens (including phenoxy) is 1. The molecule has 136 valence electrons. The van der Waals surface area contributed by atoms with E-state index in [2.05, 4.69) is 29.4 Å². The number of piperidine rings is 2. The van der Waals surface area contributed by atoms with E-state index in [0.29, 0.717) is 31.3 Å². The van der Waals surface area contributed by atoms with Gasteiger partial charge < -0.3 is 15.0 Å². The molecule has 1 amide bonds. The molecule has 4 heteroatoms. The number of hydrogen-bond acceptors (Lipinski definition) is 3. The third kappa shape index (κ3) is 3.22. The Balaban J connectivity index is 1.52. The van der Waals surface area contributed by atoms with E-state index in [4.69, 9.17) is 4.74 Å². The van der Waals surface area contributed by atoms with E-state index in [1.807, 2.05) is 18.2 Å². The Morgan fingerprint density at radius 1 is 1.12 bits per heavy atom. The molecule has 3 aliphatic heterocycles. The van der Waals surface area contributed by atoms with Gasteiger partial charge in [-0.2, -0.15) is 0 Å². The number of nitrogens with zero attached hydrogens (tertiary/aromatic N) is 1. The maximum Gasteiger partial charge on any atom is 0.231 e. The van der Waals surface area contributed by atoms with Gasteiger partial charge in [-0.05, 0) is 51.1 Å². The lowest BCUT2D eigenvalue weighted by molar-refractivity contribution is -0.132. The average Bonchev–Trinajstić information content (AvgIpc) is 2.64. The molecule has 0 saturated carbocycles. The lowest BCUT2D eigenvalue weighted by Crippen LogP contribution is -2.58. The first kappa shape index (κ1) is 17.0. The van der Waals surface area contributed by atoms with Crippen LogP contribution in [0, 0.1) is 0 Å². The van der Waals surface area contributed by atoms with Gasteiger partial charge in [0.1, 0.15) is 0 Å². The van der Waals surface area contributed by atoms with Gasteiger partial charge in [-0.3, -0.25) is 4.79 Å². The molecule has 2 atom stereocenters. The summed E-state index contributed by atoms with van der Waals surface area (Å²) >= 11 is 0. The second kappa shape index (κ2) is 7.08. The molecule has 3 fully saturated rings. The Labute approximate surface area is 150 Å². The van der Waals surface area contributed by atoms with E-state index in [1.165, 1.54) is 19.3 Å². The summed E-state index contributed by atoms with van der Waals surface area (Å²) in [6, 6.07) is 11.9. The largest absolute Gasteiger partial charge is 0.381 e. The summed E-state index contributed by atoms with van der Waals surface area (Å²) in [5, 5.41) is 3.46. The van der Waals surface area contributed by atoms with Crippen LogP contribution in [-0.2, 0) is 14.9 Å². The Hall–Kier alpha value is -1.39. The molecule has 4 nitrogen and oxygen atoms in total. The van der Waals surface area contributed by atoms with Crippen LogP contribution in [0.2, 0.25) is 0 Å². The first-order valence-electron chi connectivity index (χ1n) is 9.85. The van der Waals surface area contributed by atoms with Gasteiger partial charge >= 0.3 is 0 Å². The first-order valence-corrected chi connectivity index (χ1v) is 9.85. The van der Waals surface area contributed by atoms with Crippen LogP contribution in [0.3, 0.4) is 0 Å². The van der Waals surface area contributed by atoms with Gasteiger partial charge in [0.05, 0.1) is 5.41 Å². The quantitative estimate of drug-likeness (QED) is 0.918. The summed E-state index contributed by atoms with van der Waals surface area (Å²) in [4.78, 5) is 16.0. The van der Waals surface area contributed by atoms with E-state index >= 15 is 0 Å². The molecule has 4 rings (SSSR count). The molecular weight excluding hydrogens is 312 g/mol. The molecular formula is C21H30N2O2. The maximum atomic E-state index is 13.4. The molecule has 1 aromatic rings. The number of nitrogens with one attached hydrogen (secondary N) is 1. The van der Waals surface area contributed by atoms with Crippen molar-refractivity contribution in [1.82, 2.24) is 10.2 Å². The highest BCUT2D eigenvalue weighted by atomic mass is 16.5. The van der Waals surface area contributed by atoms with E-state index < -0.39 is 5.41 Å². The molecule has 2 unspecified atom stereocenters. The van der Waals surface area contributed by atoms with Crippen molar-refractivity contribution in [2.45, 2.75) is 68.5 Å². The van der Waals surface area contributed by atoms with Crippen molar-refractivity contribution in [3.63, 3.8) is 0 Å². The number of rotatable bonds is 3. The second-order valence-electron chi connectivity index (χ2n) is 8.11. The molecule has 0 spiro atoms. The van der Waals surface area contributed by atoms with Gasteiger partial charge in [-0.25, -0.2) is 0 Å². The van der Waals surface area contributed by atoms with Crippen molar-refractivity contribution in [3.05, 3.63) is 35.9 Å². The lowest BCUT2D eigenvalue weighted by Gasteiger charge is -2.48. The average molecular weight is 342 g/mol. The zero-order chi connectivity index (χ0) is 17.3. The zero-order valence-corrected chi connectivity index (χ0v) is 15.2. The van der Waals surface area contributed by atoms with Crippen LogP contribution >= 0.6 is 0 Å². The minimum atomic E-state index is -0.419. The summed E-state index contributed by atoms with van der Waals surface area (Å²) in [5.41, 5.74) is 0.724. The molecule has 25 heavy (non-hydrogen) atoms. The normalized spacial score (nSPS) is 32.1. The summed E-state index contributed by atoms with van der Waals surface area (Å²) in [6.45, 7) is 1.34. The monoisotopic (exact) mass is 342 g/mol. The first-order chi connectivity index (χ1) is 12.2. The van der Waals surface area contributed by atoms with Crippen molar-refractivity contribution in [1.29, 1.82) is 0 Å². The van der Waals surface area contributed by atoms with Crippen molar-refractivity contribution in [3.8, 4) is 0 Å². The lowest BCUT2D eigenvalue weighted by atomic mass is 9.72. The molecule has 0 radical (unpaired) electrons. The fourth-order valence-corrected chi connectivity index (χ4v) is 5.18. The van der Waals surface area contributed by atoms with Gasteiger partial charge in [0, 0.05) is 31.3 Å². The van der Waals surface area contributed by atoms with Crippen LogP contribution in [0.5, 0.6) is 0 Å². The number of benzene rings is 1. The topological polar surface area (TPSA) is 41.6 Å². The predicted octanol–water partition coefficient (Wildman–Crippen LogP) is 2.87. The smallest absolute Gasteiger partial charge is 0.231 e. The highest BCUT2D eigenvalue weighted by Gasteiger charge is 2.44. The van der Waals surface area contributed by atoms with Gasteiger partial charge in [-0.15, -0.1) is 0 Å². The molecule has 3 heterocycles. The molecule has 0 aliphatic carbocycles. The fraction of sp³-hybridized carbons (Fsp3) is 0.667. The van der Waals surface area contributed by atoms with E-state index in [9.17, 15) is 4.79 Å². The van der Waals surface area contributed by atoms with Gasteiger partial charge in [0.2, 0.25) is 5.91 Å². The standard InChI is InChI=1S/C21H30N2O2/c1-23-18-8-5-9-19(23)15-17(14-18)22-20(24)21(10-12-25-13-11-21)16-6-3-2-4-7-16/h2-4,6-7,17-19H,5,8-15H2,1H3,(H,22,24). The minimum Gasteiger partial charge on any atom is -0.381 e. The Morgan fingerprint density at radius 3 is 2.40 bits per heavy atom. The van der Waals surface area contributed by atoms with E-state index in [0.717, 1.165) is 31.2 Å². The van der Waals surface area contributed by atoms with Crippen molar-refractivity contribution >= 4 is 5.91 Å². The van der Waals surface area contributed by atoms with Crippen LogP contribution in [0.4, 0.5) is 0 Å². The van der Waals surface area contributed by atoms with Crippen LogP contribution in [0.25, 0.3) is 0 Å². The molecule has 2 bridgehead atoms. The molecule has 3 aliphatic rings. The summed E-state index contributed by atoms with van der Waals surface area (Å²) in [6.07, 6.45) is 7.64. The van der Waals surface area contributed by atoms with Crippen LogP contribution in [-0.4, -0.2) is 49.2 Å². The summed E-state index contributed by atoms with van der Waals surface area (Å²) in [5.74, 6) is 0.217. The number of hydrogen-bond donors (Lipinski definition) is 1.